The molecule has 1 aliphatic rings. The standard InChI is InChI=1S/C17H27NO2/c1-3-13-7-9-14(10-8-13)17(19)16(4-2)18-12-15-6-5-11-20-15/h7-10,15-19H,3-6,11-12H2,1-2H3. The van der Waals surface area contributed by atoms with Crippen LogP contribution in [0.5, 0.6) is 0 Å². The smallest absolute Gasteiger partial charge is 0.0942 e. The Labute approximate surface area is 122 Å². The molecule has 2 N–H and O–H groups in total. The first-order valence-corrected chi connectivity index (χ1v) is 7.86. The predicted octanol–water partition coefficient (Wildman–Crippen LogP) is 2.83. The van der Waals surface area contributed by atoms with Crippen molar-refractivity contribution >= 4 is 0 Å². The van der Waals surface area contributed by atoms with Crippen LogP contribution in [0.25, 0.3) is 0 Å². The van der Waals surface area contributed by atoms with E-state index in [1.807, 2.05) is 12.1 Å². The van der Waals surface area contributed by atoms with Crippen molar-refractivity contribution in [2.45, 2.75) is 57.8 Å². The average molecular weight is 277 g/mol. The molecule has 3 heteroatoms. The third-order valence-electron chi connectivity index (χ3n) is 4.18. The van der Waals surface area contributed by atoms with Crippen LogP contribution in [0.2, 0.25) is 0 Å². The van der Waals surface area contributed by atoms with Crippen LogP contribution in [0.15, 0.2) is 24.3 Å². The fraction of sp³-hybridized carbons (Fsp3) is 0.647. The molecule has 1 fully saturated rings. The maximum absolute atomic E-state index is 10.5. The molecule has 0 saturated carbocycles. The van der Waals surface area contributed by atoms with E-state index in [-0.39, 0.29) is 6.04 Å². The number of benzene rings is 1. The average Bonchev–Trinajstić information content (AvgIpc) is 3.01. The first-order valence-electron chi connectivity index (χ1n) is 7.86. The van der Waals surface area contributed by atoms with Gasteiger partial charge < -0.3 is 15.2 Å². The maximum atomic E-state index is 10.5. The number of ether oxygens (including phenoxy) is 1. The molecule has 1 aliphatic heterocycles. The van der Waals surface area contributed by atoms with Gasteiger partial charge >= 0.3 is 0 Å². The third kappa shape index (κ3) is 4.05. The Morgan fingerprint density at radius 2 is 2.05 bits per heavy atom. The van der Waals surface area contributed by atoms with E-state index in [0.717, 1.165) is 44.4 Å². The van der Waals surface area contributed by atoms with Crippen LogP contribution in [-0.4, -0.2) is 30.4 Å². The number of hydrogen-bond acceptors (Lipinski definition) is 3. The molecule has 3 unspecified atom stereocenters. The Kier molecular flexibility index (Phi) is 6.02. The van der Waals surface area contributed by atoms with Crippen LogP contribution in [0.1, 0.15) is 50.3 Å². The second-order valence-electron chi connectivity index (χ2n) is 5.60. The van der Waals surface area contributed by atoms with Crippen LogP contribution in [0, 0.1) is 0 Å². The highest BCUT2D eigenvalue weighted by Gasteiger charge is 2.22. The molecule has 1 aromatic rings. The SMILES string of the molecule is CCc1ccc(C(O)C(CC)NCC2CCCO2)cc1. The lowest BCUT2D eigenvalue weighted by Gasteiger charge is -2.25. The lowest BCUT2D eigenvalue weighted by Crippen LogP contribution is -2.39. The molecule has 1 aromatic carbocycles. The first-order chi connectivity index (χ1) is 9.74. The quantitative estimate of drug-likeness (QED) is 0.805. The highest BCUT2D eigenvalue weighted by atomic mass is 16.5. The Balaban J connectivity index is 1.90. The number of aryl methyl sites for hydroxylation is 1. The normalized spacial score (nSPS) is 21.9. The largest absolute Gasteiger partial charge is 0.387 e. The fourth-order valence-corrected chi connectivity index (χ4v) is 2.75. The van der Waals surface area contributed by atoms with Crippen molar-refractivity contribution in [2.75, 3.05) is 13.2 Å². The molecule has 2 rings (SSSR count). The summed E-state index contributed by atoms with van der Waals surface area (Å²) in [7, 11) is 0. The summed E-state index contributed by atoms with van der Waals surface area (Å²) >= 11 is 0. The molecule has 0 radical (unpaired) electrons. The van der Waals surface area contributed by atoms with Crippen LogP contribution in [0.4, 0.5) is 0 Å². The van der Waals surface area contributed by atoms with Gasteiger partial charge in [0.2, 0.25) is 0 Å². The molecule has 1 heterocycles. The molecule has 3 atom stereocenters. The van der Waals surface area contributed by atoms with Crippen LogP contribution in [0.3, 0.4) is 0 Å². The van der Waals surface area contributed by atoms with Gasteiger partial charge in [-0.15, -0.1) is 0 Å². The van der Waals surface area contributed by atoms with Gasteiger partial charge in [-0.1, -0.05) is 38.1 Å². The summed E-state index contributed by atoms with van der Waals surface area (Å²) in [6.07, 6.45) is 4.09. The van der Waals surface area contributed by atoms with Crippen LogP contribution >= 0.6 is 0 Å². The second-order valence-corrected chi connectivity index (χ2v) is 5.60. The molecular weight excluding hydrogens is 250 g/mol. The van der Waals surface area contributed by atoms with E-state index in [9.17, 15) is 5.11 Å². The molecule has 20 heavy (non-hydrogen) atoms. The Hall–Kier alpha value is -0.900. The molecule has 0 spiro atoms. The second kappa shape index (κ2) is 7.77. The predicted molar refractivity (Wildman–Crippen MR) is 81.8 cm³/mol. The lowest BCUT2D eigenvalue weighted by molar-refractivity contribution is 0.0866. The first kappa shape index (κ1) is 15.5. The number of nitrogens with one attached hydrogen (secondary N) is 1. The van der Waals surface area contributed by atoms with Crippen molar-refractivity contribution in [3.8, 4) is 0 Å². The van der Waals surface area contributed by atoms with E-state index >= 15 is 0 Å². The zero-order valence-corrected chi connectivity index (χ0v) is 12.6. The van der Waals surface area contributed by atoms with Crippen LogP contribution in [-0.2, 0) is 11.2 Å². The van der Waals surface area contributed by atoms with E-state index in [1.165, 1.54) is 5.56 Å². The minimum Gasteiger partial charge on any atom is -0.387 e. The monoisotopic (exact) mass is 277 g/mol. The minimum absolute atomic E-state index is 0.0895. The number of aliphatic hydroxyl groups excluding tert-OH is 1. The van der Waals surface area contributed by atoms with Crippen molar-refractivity contribution in [3.05, 3.63) is 35.4 Å². The van der Waals surface area contributed by atoms with Gasteiger partial charge in [0, 0.05) is 19.2 Å². The maximum Gasteiger partial charge on any atom is 0.0942 e. The van der Waals surface area contributed by atoms with E-state index in [1.54, 1.807) is 0 Å². The molecular formula is C17H27NO2. The number of rotatable bonds is 7. The summed E-state index contributed by atoms with van der Waals surface area (Å²) < 4.78 is 5.62. The molecule has 0 aromatic heterocycles. The van der Waals surface area contributed by atoms with Gasteiger partial charge in [0.1, 0.15) is 0 Å². The summed E-state index contributed by atoms with van der Waals surface area (Å²) in [5.74, 6) is 0. The molecule has 1 saturated heterocycles. The van der Waals surface area contributed by atoms with Gasteiger partial charge in [0.25, 0.3) is 0 Å². The summed E-state index contributed by atoms with van der Waals surface area (Å²) in [5, 5.41) is 14.0. The zero-order chi connectivity index (χ0) is 14.4. The molecule has 0 aliphatic carbocycles. The Morgan fingerprint density at radius 1 is 1.30 bits per heavy atom. The van der Waals surface area contributed by atoms with Gasteiger partial charge in [0.15, 0.2) is 0 Å². The van der Waals surface area contributed by atoms with Crippen molar-refractivity contribution in [3.63, 3.8) is 0 Å². The van der Waals surface area contributed by atoms with Gasteiger partial charge in [-0.2, -0.15) is 0 Å². The number of hydrogen-bond donors (Lipinski definition) is 2. The number of aliphatic hydroxyl groups is 1. The third-order valence-corrected chi connectivity index (χ3v) is 4.18. The Bertz CT molecular complexity index is 384. The van der Waals surface area contributed by atoms with E-state index in [0.29, 0.717) is 6.10 Å². The van der Waals surface area contributed by atoms with E-state index in [2.05, 4.69) is 31.3 Å². The van der Waals surface area contributed by atoms with Gasteiger partial charge in [0.05, 0.1) is 12.2 Å². The van der Waals surface area contributed by atoms with E-state index in [4.69, 9.17) is 4.74 Å². The van der Waals surface area contributed by atoms with Crippen molar-refractivity contribution < 1.29 is 9.84 Å². The molecule has 0 bridgehead atoms. The van der Waals surface area contributed by atoms with Gasteiger partial charge in [-0.05, 0) is 36.8 Å². The van der Waals surface area contributed by atoms with Gasteiger partial charge in [-0.3, -0.25) is 0 Å². The topological polar surface area (TPSA) is 41.5 Å². The summed E-state index contributed by atoms with van der Waals surface area (Å²) in [5.41, 5.74) is 2.30. The zero-order valence-electron chi connectivity index (χ0n) is 12.6. The van der Waals surface area contributed by atoms with Crippen molar-refractivity contribution in [1.29, 1.82) is 0 Å². The Morgan fingerprint density at radius 3 is 2.60 bits per heavy atom. The molecule has 112 valence electrons. The molecule has 0 amide bonds. The summed E-state index contributed by atoms with van der Waals surface area (Å²) in [6, 6.07) is 8.38. The van der Waals surface area contributed by atoms with Crippen molar-refractivity contribution in [2.24, 2.45) is 0 Å². The fourth-order valence-electron chi connectivity index (χ4n) is 2.75. The van der Waals surface area contributed by atoms with Gasteiger partial charge in [-0.25, -0.2) is 0 Å². The summed E-state index contributed by atoms with van der Waals surface area (Å²) in [4.78, 5) is 0. The lowest BCUT2D eigenvalue weighted by atomic mass is 9.98. The van der Waals surface area contributed by atoms with Crippen LogP contribution < -0.4 is 5.32 Å². The molecule has 3 nitrogen and oxygen atoms in total. The van der Waals surface area contributed by atoms with Crippen molar-refractivity contribution in [1.82, 2.24) is 5.32 Å². The highest BCUT2D eigenvalue weighted by Crippen LogP contribution is 2.20. The minimum atomic E-state index is -0.452. The summed E-state index contributed by atoms with van der Waals surface area (Å²) in [6.45, 7) is 5.97. The highest BCUT2D eigenvalue weighted by molar-refractivity contribution is 5.25. The van der Waals surface area contributed by atoms with E-state index < -0.39 is 6.10 Å².